The molecule has 0 aliphatic rings. The van der Waals surface area contributed by atoms with Crippen LogP contribution in [0.3, 0.4) is 0 Å². The van der Waals surface area contributed by atoms with E-state index >= 15 is 0 Å². The topological polar surface area (TPSA) is 63.9 Å². The number of amides is 1. The molecule has 1 heterocycles. The van der Waals surface area contributed by atoms with E-state index in [1.165, 1.54) is 18.4 Å². The number of fused-ring (bicyclic) bond motifs is 1. The van der Waals surface area contributed by atoms with E-state index in [2.05, 4.69) is 4.99 Å². The van der Waals surface area contributed by atoms with Crippen LogP contribution in [0, 0.1) is 0 Å². The first kappa shape index (κ1) is 20.1. The Labute approximate surface area is 171 Å². The number of benzene rings is 2. The van der Waals surface area contributed by atoms with Gasteiger partial charge in [0, 0.05) is 31.9 Å². The summed E-state index contributed by atoms with van der Waals surface area (Å²) in [6.07, 6.45) is 0.159. The normalized spacial score (nSPS) is 11.6. The number of ether oxygens (including phenoxy) is 1. The van der Waals surface area contributed by atoms with Crippen LogP contribution in [0.2, 0.25) is 5.02 Å². The molecule has 0 fully saturated rings. The minimum Gasteiger partial charge on any atom is -0.469 e. The van der Waals surface area contributed by atoms with Crippen LogP contribution in [0.4, 0.5) is 5.69 Å². The predicted octanol–water partition coefficient (Wildman–Crippen LogP) is 3.73. The Morgan fingerprint density at radius 1 is 1.18 bits per heavy atom. The fraction of sp³-hybridized carbons (Fsp3) is 0.250. The smallest absolute Gasteiger partial charge is 0.307 e. The van der Waals surface area contributed by atoms with E-state index in [4.69, 9.17) is 16.3 Å². The molecule has 2 aromatic carbocycles. The van der Waals surface area contributed by atoms with Crippen molar-refractivity contribution in [1.82, 2.24) is 4.57 Å². The number of rotatable bonds is 5. The molecule has 0 N–H and O–H groups in total. The van der Waals surface area contributed by atoms with Crippen molar-refractivity contribution in [3.63, 3.8) is 0 Å². The van der Waals surface area contributed by atoms with Gasteiger partial charge in [-0.15, -0.1) is 0 Å². The molecule has 1 aromatic heterocycles. The summed E-state index contributed by atoms with van der Waals surface area (Å²) < 4.78 is 7.42. The molecule has 146 valence electrons. The number of aromatic nitrogens is 1. The van der Waals surface area contributed by atoms with Crippen molar-refractivity contribution in [2.45, 2.75) is 13.0 Å². The summed E-state index contributed by atoms with van der Waals surface area (Å²) in [4.78, 5) is 31.1. The molecule has 0 aliphatic carbocycles. The molecule has 0 radical (unpaired) electrons. The van der Waals surface area contributed by atoms with Crippen molar-refractivity contribution < 1.29 is 14.3 Å². The Balaban J connectivity index is 2.04. The SMILES string of the molecule is COC(=O)CCn1c(=NC(=O)c2ccc(N(C)C)cc2)sc2cccc(Cl)c21. The van der Waals surface area contributed by atoms with E-state index in [0.29, 0.717) is 21.9 Å². The zero-order chi connectivity index (χ0) is 20.3. The van der Waals surface area contributed by atoms with E-state index < -0.39 is 0 Å². The summed E-state index contributed by atoms with van der Waals surface area (Å²) in [5.74, 6) is -0.685. The molecular formula is C20H20ClN3O3S. The van der Waals surface area contributed by atoms with Crippen LogP contribution in [0.15, 0.2) is 47.5 Å². The first-order valence-electron chi connectivity index (χ1n) is 8.62. The molecule has 0 atom stereocenters. The highest BCUT2D eigenvalue weighted by Crippen LogP contribution is 2.25. The van der Waals surface area contributed by atoms with Crippen LogP contribution >= 0.6 is 22.9 Å². The van der Waals surface area contributed by atoms with Gasteiger partial charge in [0.2, 0.25) is 0 Å². The number of carbonyl (C=O) groups excluding carboxylic acids is 2. The highest BCUT2D eigenvalue weighted by molar-refractivity contribution is 7.16. The molecule has 28 heavy (non-hydrogen) atoms. The average molecular weight is 418 g/mol. The van der Waals surface area contributed by atoms with Crippen molar-refractivity contribution in [1.29, 1.82) is 0 Å². The van der Waals surface area contributed by atoms with Gasteiger partial charge in [0.1, 0.15) is 0 Å². The fourth-order valence-corrected chi connectivity index (χ4v) is 4.15. The molecule has 0 aliphatic heterocycles. The third-order valence-corrected chi connectivity index (χ3v) is 5.60. The van der Waals surface area contributed by atoms with Crippen molar-refractivity contribution in [3.05, 3.63) is 57.9 Å². The maximum Gasteiger partial charge on any atom is 0.307 e. The van der Waals surface area contributed by atoms with Crippen LogP contribution in [0.5, 0.6) is 0 Å². The van der Waals surface area contributed by atoms with Gasteiger partial charge in [-0.05, 0) is 36.4 Å². The first-order valence-corrected chi connectivity index (χ1v) is 9.81. The lowest BCUT2D eigenvalue weighted by molar-refractivity contribution is -0.140. The molecule has 8 heteroatoms. The summed E-state index contributed by atoms with van der Waals surface area (Å²) in [6, 6.07) is 12.8. The highest BCUT2D eigenvalue weighted by atomic mass is 35.5. The number of esters is 1. The number of halogens is 1. The predicted molar refractivity (Wildman–Crippen MR) is 112 cm³/mol. The van der Waals surface area contributed by atoms with Crippen molar-refractivity contribution in [3.8, 4) is 0 Å². The zero-order valence-electron chi connectivity index (χ0n) is 15.8. The lowest BCUT2D eigenvalue weighted by atomic mass is 10.2. The Bertz CT molecular complexity index is 1080. The van der Waals surface area contributed by atoms with Gasteiger partial charge in [-0.2, -0.15) is 4.99 Å². The molecule has 3 aromatic rings. The van der Waals surface area contributed by atoms with E-state index in [0.717, 1.165) is 15.9 Å². The summed E-state index contributed by atoms with van der Waals surface area (Å²) in [7, 11) is 5.22. The number of para-hydroxylation sites is 1. The molecule has 0 spiro atoms. The summed E-state index contributed by atoms with van der Waals surface area (Å²) in [5, 5.41) is 0.544. The average Bonchev–Trinajstić information content (AvgIpc) is 3.04. The molecule has 0 bridgehead atoms. The number of hydrogen-bond acceptors (Lipinski definition) is 5. The molecule has 6 nitrogen and oxygen atoms in total. The molecule has 1 amide bonds. The Morgan fingerprint density at radius 3 is 2.54 bits per heavy atom. The fourth-order valence-electron chi connectivity index (χ4n) is 2.74. The first-order chi connectivity index (χ1) is 13.4. The minimum absolute atomic E-state index is 0.159. The third kappa shape index (κ3) is 4.26. The van der Waals surface area contributed by atoms with Crippen molar-refractivity contribution >= 4 is 50.7 Å². The van der Waals surface area contributed by atoms with Crippen LogP contribution in [-0.4, -0.2) is 37.6 Å². The van der Waals surface area contributed by atoms with Crippen molar-refractivity contribution in [2.75, 3.05) is 26.1 Å². The summed E-state index contributed by atoms with van der Waals surface area (Å²) >= 11 is 7.72. The second-order valence-electron chi connectivity index (χ2n) is 6.31. The van der Waals surface area contributed by atoms with Crippen LogP contribution in [-0.2, 0) is 16.1 Å². The number of thiazole rings is 1. The Morgan fingerprint density at radius 2 is 1.89 bits per heavy atom. The number of hydrogen-bond donors (Lipinski definition) is 0. The van der Waals surface area contributed by atoms with E-state index in [-0.39, 0.29) is 18.3 Å². The zero-order valence-corrected chi connectivity index (χ0v) is 17.4. The maximum atomic E-state index is 12.7. The number of anilines is 1. The number of methoxy groups -OCH3 is 1. The Kier molecular flexibility index (Phi) is 6.16. The van der Waals surface area contributed by atoms with Crippen LogP contribution < -0.4 is 9.70 Å². The van der Waals surface area contributed by atoms with Crippen LogP contribution in [0.1, 0.15) is 16.8 Å². The third-order valence-electron chi connectivity index (χ3n) is 4.25. The van der Waals surface area contributed by atoms with Gasteiger partial charge in [-0.3, -0.25) is 9.59 Å². The number of carbonyl (C=O) groups is 2. The lowest BCUT2D eigenvalue weighted by Gasteiger charge is -2.11. The van der Waals surface area contributed by atoms with Gasteiger partial charge in [-0.25, -0.2) is 0 Å². The maximum absolute atomic E-state index is 12.7. The molecule has 3 rings (SSSR count). The lowest BCUT2D eigenvalue weighted by Crippen LogP contribution is -2.19. The molecule has 0 unspecified atom stereocenters. The number of nitrogens with zero attached hydrogens (tertiary/aromatic N) is 3. The second kappa shape index (κ2) is 8.58. The summed E-state index contributed by atoms with van der Waals surface area (Å²) in [5.41, 5.74) is 2.25. The monoisotopic (exact) mass is 417 g/mol. The van der Waals surface area contributed by atoms with E-state index in [1.54, 1.807) is 22.8 Å². The summed E-state index contributed by atoms with van der Waals surface area (Å²) in [6.45, 7) is 0.322. The van der Waals surface area contributed by atoms with E-state index in [1.807, 2.05) is 43.3 Å². The van der Waals surface area contributed by atoms with Crippen LogP contribution in [0.25, 0.3) is 10.2 Å². The second-order valence-corrected chi connectivity index (χ2v) is 7.72. The Hall–Kier alpha value is -2.64. The van der Waals surface area contributed by atoms with Gasteiger partial charge in [0.15, 0.2) is 4.80 Å². The van der Waals surface area contributed by atoms with Gasteiger partial charge in [0.05, 0.1) is 28.8 Å². The van der Waals surface area contributed by atoms with Gasteiger partial charge in [-0.1, -0.05) is 29.0 Å². The molecular weight excluding hydrogens is 398 g/mol. The van der Waals surface area contributed by atoms with Crippen molar-refractivity contribution in [2.24, 2.45) is 4.99 Å². The highest BCUT2D eigenvalue weighted by Gasteiger charge is 2.13. The quantitative estimate of drug-likeness (QED) is 0.593. The van der Waals surface area contributed by atoms with Gasteiger partial charge in [0.25, 0.3) is 5.91 Å². The van der Waals surface area contributed by atoms with Gasteiger partial charge >= 0.3 is 5.97 Å². The van der Waals surface area contributed by atoms with Gasteiger partial charge < -0.3 is 14.2 Å². The molecule has 0 saturated heterocycles. The largest absolute Gasteiger partial charge is 0.469 e. The standard InChI is InChI=1S/C20H20ClN3O3S/c1-23(2)14-9-7-13(8-10-14)19(26)22-20-24(12-11-17(25)27-3)18-15(21)5-4-6-16(18)28-20/h4-10H,11-12H2,1-3H3. The minimum atomic E-state index is -0.347. The van der Waals surface area contributed by atoms with E-state index in [9.17, 15) is 9.59 Å². The number of aryl methyl sites for hydroxylation is 1. The molecule has 0 saturated carbocycles.